The molecule has 0 aliphatic rings. The Morgan fingerprint density at radius 3 is 2.42 bits per heavy atom. The minimum Gasteiger partial charge on any atom is -0.481 e. The zero-order chi connectivity index (χ0) is 17.1. The second-order valence-corrected chi connectivity index (χ2v) is 5.46. The van der Waals surface area contributed by atoms with Gasteiger partial charge in [-0.05, 0) is 27.6 Å². The van der Waals surface area contributed by atoms with Gasteiger partial charge in [0.15, 0.2) is 0 Å². The predicted molar refractivity (Wildman–Crippen MR) is 93.8 cm³/mol. The summed E-state index contributed by atoms with van der Waals surface area (Å²) in [5.74, 6) is -0.968. The van der Waals surface area contributed by atoms with Crippen molar-refractivity contribution in [3.63, 3.8) is 0 Å². The molecule has 0 saturated heterocycles. The van der Waals surface area contributed by atoms with E-state index in [1.165, 1.54) is 6.07 Å². The third kappa shape index (κ3) is 4.27. The van der Waals surface area contributed by atoms with Gasteiger partial charge in [0.25, 0.3) is 0 Å². The average molecular weight is 468 g/mol. The number of nitrogens with zero attached hydrogens (tertiary/aromatic N) is 1. The maximum Gasteiger partial charge on any atom is 0.314 e. The Kier molecular flexibility index (Phi) is 6.81. The highest BCUT2D eigenvalue weighted by atomic mass is 79.9. The maximum absolute atomic E-state index is 11.5. The fourth-order valence-corrected chi connectivity index (χ4v) is 2.65. The van der Waals surface area contributed by atoms with Gasteiger partial charge in [-0.2, -0.15) is 0 Å². The molecule has 0 aliphatic heterocycles. The van der Waals surface area contributed by atoms with E-state index in [1.807, 2.05) is 0 Å². The van der Waals surface area contributed by atoms with Crippen LogP contribution in [0.3, 0.4) is 0 Å². The van der Waals surface area contributed by atoms with E-state index in [9.17, 15) is 24.5 Å². The van der Waals surface area contributed by atoms with Gasteiger partial charge < -0.3 is 20.4 Å². The summed E-state index contributed by atoms with van der Waals surface area (Å²) in [6.07, 6.45) is -0.0978. The zero-order valence-electron chi connectivity index (χ0n) is 11.9. The molecule has 2 rings (SSSR count). The van der Waals surface area contributed by atoms with Gasteiger partial charge in [-0.3, -0.25) is 24.5 Å². The fourth-order valence-electron chi connectivity index (χ4n) is 2.03. The van der Waals surface area contributed by atoms with Crippen LogP contribution in [0.15, 0.2) is 20.1 Å². The number of hydrogen-bond acceptors (Lipinski definition) is 6. The molecule has 0 saturated carbocycles. The second-order valence-electron chi connectivity index (χ2n) is 4.60. The number of halogens is 2. The lowest BCUT2D eigenvalue weighted by Crippen LogP contribution is -2.30. The number of benzene rings is 1. The summed E-state index contributed by atoms with van der Waals surface area (Å²) in [6, 6.07) is 1.43. The number of carbonyl (C=O) groups is 1. The van der Waals surface area contributed by atoms with E-state index < -0.39 is 22.0 Å². The molecule has 0 radical (unpaired) electrons. The summed E-state index contributed by atoms with van der Waals surface area (Å²) in [7, 11) is 0. The van der Waals surface area contributed by atoms with Crippen molar-refractivity contribution in [2.45, 2.75) is 13.0 Å². The van der Waals surface area contributed by atoms with Gasteiger partial charge in [-0.25, -0.2) is 0 Å². The van der Waals surface area contributed by atoms with Crippen LogP contribution in [0.1, 0.15) is 12.0 Å². The maximum atomic E-state index is 11.5. The first-order valence-corrected chi connectivity index (χ1v) is 7.15. The molecule has 12 heteroatoms. The number of aliphatic carboxylic acids is 1. The van der Waals surface area contributed by atoms with Crippen molar-refractivity contribution in [1.82, 2.24) is 15.3 Å². The first-order valence-electron chi connectivity index (χ1n) is 6.36. The van der Waals surface area contributed by atoms with Crippen molar-refractivity contribution in [1.29, 1.82) is 0 Å². The molecule has 0 atom stereocenters. The van der Waals surface area contributed by atoms with E-state index in [0.717, 1.165) is 0 Å². The van der Waals surface area contributed by atoms with Gasteiger partial charge in [0, 0.05) is 13.1 Å². The number of nitrogens with one attached hydrogen (secondary N) is 3. The third-order valence-corrected chi connectivity index (χ3v) is 3.64. The van der Waals surface area contributed by atoms with Crippen molar-refractivity contribution in [3.8, 4) is 0 Å². The Balaban J connectivity index is 0.00000288. The normalized spacial score (nSPS) is 10.4. The quantitative estimate of drug-likeness (QED) is 0.213. The highest BCUT2D eigenvalue weighted by Crippen LogP contribution is 2.32. The number of nitro groups is 1. The van der Waals surface area contributed by atoms with Gasteiger partial charge >= 0.3 is 22.8 Å². The van der Waals surface area contributed by atoms with E-state index in [0.29, 0.717) is 5.56 Å². The fraction of sp³-hybridized carbons (Fsp3) is 0.250. The first kappa shape index (κ1) is 20.0. The Bertz CT molecular complexity index is 907. The number of rotatable bonds is 6. The van der Waals surface area contributed by atoms with Gasteiger partial charge in [0.05, 0.1) is 21.3 Å². The molecule has 10 nitrogen and oxygen atoms in total. The lowest BCUT2D eigenvalue weighted by molar-refractivity contribution is -0.384. The van der Waals surface area contributed by atoms with Crippen LogP contribution in [0.25, 0.3) is 11.0 Å². The highest BCUT2D eigenvalue weighted by Gasteiger charge is 2.21. The predicted octanol–water partition coefficient (Wildman–Crippen LogP) is 1.03. The molecule has 2 aromatic rings. The van der Waals surface area contributed by atoms with Crippen LogP contribution < -0.4 is 16.4 Å². The van der Waals surface area contributed by atoms with E-state index in [4.69, 9.17) is 5.11 Å². The van der Waals surface area contributed by atoms with Gasteiger partial charge in [-0.1, -0.05) is 0 Å². The summed E-state index contributed by atoms with van der Waals surface area (Å²) >= 11 is 3.07. The molecule has 24 heavy (non-hydrogen) atoms. The van der Waals surface area contributed by atoms with Crippen molar-refractivity contribution in [3.05, 3.63) is 46.9 Å². The van der Waals surface area contributed by atoms with Crippen LogP contribution in [0, 0.1) is 10.1 Å². The van der Waals surface area contributed by atoms with Crippen LogP contribution in [0.4, 0.5) is 5.69 Å². The molecule has 0 bridgehead atoms. The SMILES string of the molecule is Br.O=C(O)CCNCc1cc(Br)c([N+](=O)[O-])c2[nH]c(=O)c(=O)[nH]c12. The molecular formula is C12H12Br2N4O6. The van der Waals surface area contributed by atoms with Crippen LogP contribution in [0.5, 0.6) is 0 Å². The van der Waals surface area contributed by atoms with Crippen molar-refractivity contribution in [2.75, 3.05) is 6.54 Å². The van der Waals surface area contributed by atoms with E-state index in [1.54, 1.807) is 0 Å². The molecule has 0 fully saturated rings. The van der Waals surface area contributed by atoms with Gasteiger partial charge in [-0.15, -0.1) is 17.0 Å². The monoisotopic (exact) mass is 466 g/mol. The molecule has 0 spiro atoms. The largest absolute Gasteiger partial charge is 0.481 e. The number of fused-ring (bicyclic) bond motifs is 1. The van der Waals surface area contributed by atoms with Crippen LogP contribution in [-0.4, -0.2) is 32.5 Å². The summed E-state index contributed by atoms with van der Waals surface area (Å²) in [5.41, 5.74) is -1.82. The Hall–Kier alpha value is -2.05. The number of aromatic amines is 2. The van der Waals surface area contributed by atoms with Crippen molar-refractivity contribution < 1.29 is 14.8 Å². The molecular weight excluding hydrogens is 456 g/mol. The summed E-state index contributed by atoms with van der Waals surface area (Å²) in [6.45, 7) is 0.335. The van der Waals surface area contributed by atoms with Gasteiger partial charge in [0.2, 0.25) is 0 Å². The van der Waals surface area contributed by atoms with Gasteiger partial charge in [0.1, 0.15) is 5.52 Å². The Morgan fingerprint density at radius 1 is 1.29 bits per heavy atom. The van der Waals surface area contributed by atoms with Crippen LogP contribution >= 0.6 is 32.9 Å². The zero-order valence-corrected chi connectivity index (χ0v) is 15.2. The smallest absolute Gasteiger partial charge is 0.314 e. The van der Waals surface area contributed by atoms with Crippen LogP contribution in [-0.2, 0) is 11.3 Å². The van der Waals surface area contributed by atoms with E-state index in [-0.39, 0.29) is 57.7 Å². The molecule has 1 heterocycles. The molecule has 1 aromatic heterocycles. The third-order valence-electron chi connectivity index (χ3n) is 3.03. The highest BCUT2D eigenvalue weighted by molar-refractivity contribution is 9.10. The van der Waals surface area contributed by atoms with Crippen LogP contribution in [0.2, 0.25) is 0 Å². The lowest BCUT2D eigenvalue weighted by atomic mass is 10.1. The molecule has 0 unspecified atom stereocenters. The minimum absolute atomic E-state index is 0. The lowest BCUT2D eigenvalue weighted by Gasteiger charge is -2.09. The first-order chi connectivity index (χ1) is 10.8. The van der Waals surface area contributed by atoms with E-state index in [2.05, 4.69) is 31.2 Å². The second kappa shape index (κ2) is 8.17. The number of carboxylic acids is 1. The Labute approximate surface area is 152 Å². The summed E-state index contributed by atoms with van der Waals surface area (Å²) in [5, 5.41) is 22.6. The van der Waals surface area contributed by atoms with Crippen molar-refractivity contribution >= 4 is 55.6 Å². The standard InChI is InChI=1S/C12H11BrN4O6.BrH/c13-6-3-5(4-14-2-1-7(18)19)8-9(10(6)17(22)23)16-12(21)11(20)15-8;/h3,14H,1-2,4H2,(H,15,20)(H,16,21)(H,18,19);1H. The molecule has 0 amide bonds. The van der Waals surface area contributed by atoms with Crippen molar-refractivity contribution in [2.24, 2.45) is 0 Å². The number of nitro benzene ring substituents is 1. The Morgan fingerprint density at radius 2 is 1.88 bits per heavy atom. The number of aromatic nitrogens is 2. The summed E-state index contributed by atoms with van der Waals surface area (Å²) < 4.78 is 0.132. The molecule has 1 aromatic carbocycles. The number of H-pyrrole nitrogens is 2. The minimum atomic E-state index is -0.997. The number of hydrogen-bond donors (Lipinski definition) is 4. The number of carboxylic acid groups (broad SMARTS) is 1. The molecule has 4 N–H and O–H groups in total. The topological polar surface area (TPSA) is 158 Å². The van der Waals surface area contributed by atoms with E-state index >= 15 is 0 Å². The summed E-state index contributed by atoms with van der Waals surface area (Å²) in [4.78, 5) is 48.4. The molecule has 130 valence electrons. The molecule has 0 aliphatic carbocycles. The average Bonchev–Trinajstić information content (AvgIpc) is 2.44.